The van der Waals surface area contributed by atoms with Gasteiger partial charge >= 0.3 is 0 Å². The molecule has 1 atom stereocenters. The molecule has 10 heavy (non-hydrogen) atoms. The lowest BCUT2D eigenvalue weighted by molar-refractivity contribution is 0.163. The van der Waals surface area contributed by atoms with Crippen molar-refractivity contribution in [3.63, 3.8) is 0 Å². The molecule has 0 radical (unpaired) electrons. The van der Waals surface area contributed by atoms with Gasteiger partial charge in [0.05, 0.1) is 24.9 Å². The fourth-order valence-electron chi connectivity index (χ4n) is 1.00. The van der Waals surface area contributed by atoms with E-state index in [1.807, 2.05) is 6.08 Å². The van der Waals surface area contributed by atoms with Gasteiger partial charge in [0.25, 0.3) is 0 Å². The Kier molecular flexibility index (Phi) is 2.71. The zero-order chi connectivity index (χ0) is 7.40. The molecule has 0 bridgehead atoms. The molecular weight excluding hydrogens is 130 g/mol. The van der Waals surface area contributed by atoms with Crippen LogP contribution in [0.15, 0.2) is 11.8 Å². The van der Waals surface area contributed by atoms with E-state index in [-0.39, 0.29) is 12.5 Å². The van der Waals surface area contributed by atoms with Crippen molar-refractivity contribution in [2.75, 3.05) is 19.8 Å². The summed E-state index contributed by atoms with van der Waals surface area (Å²) >= 11 is 0. The van der Waals surface area contributed by atoms with E-state index in [4.69, 9.17) is 15.6 Å². The van der Waals surface area contributed by atoms with Crippen molar-refractivity contribution in [1.29, 1.82) is 0 Å². The summed E-state index contributed by atoms with van der Waals surface area (Å²) in [6.45, 7) is 1.29. The Morgan fingerprint density at radius 2 is 2.60 bits per heavy atom. The molecule has 1 aliphatic heterocycles. The Morgan fingerprint density at radius 3 is 3.00 bits per heavy atom. The highest BCUT2D eigenvalue weighted by Gasteiger charge is 2.15. The first-order valence-corrected chi connectivity index (χ1v) is 3.52. The Balaban J connectivity index is 2.44. The average molecular weight is 143 g/mol. The smallest absolute Gasteiger partial charge is 0.0987 e. The van der Waals surface area contributed by atoms with Gasteiger partial charge in [0, 0.05) is 13.0 Å². The third-order valence-electron chi connectivity index (χ3n) is 1.64. The highest BCUT2D eigenvalue weighted by Crippen LogP contribution is 2.17. The van der Waals surface area contributed by atoms with Gasteiger partial charge in [0.15, 0.2) is 0 Å². The monoisotopic (exact) mass is 143 g/mol. The summed E-state index contributed by atoms with van der Waals surface area (Å²) in [6.07, 6.45) is 2.94. The fraction of sp³-hybridized carbons (Fsp3) is 0.714. The van der Waals surface area contributed by atoms with Crippen molar-refractivity contribution >= 4 is 0 Å². The maximum atomic E-state index is 8.79. The molecule has 0 aliphatic carbocycles. The van der Waals surface area contributed by atoms with Crippen LogP contribution in [-0.4, -0.2) is 24.9 Å². The lowest BCUT2D eigenvalue weighted by Crippen LogP contribution is -2.20. The van der Waals surface area contributed by atoms with Crippen LogP contribution < -0.4 is 5.73 Å². The second-order valence-electron chi connectivity index (χ2n) is 2.36. The van der Waals surface area contributed by atoms with Crippen molar-refractivity contribution < 1.29 is 9.84 Å². The number of nitrogens with two attached hydrogens (primary N) is 1. The molecule has 0 aromatic carbocycles. The third-order valence-corrected chi connectivity index (χ3v) is 1.64. The summed E-state index contributed by atoms with van der Waals surface area (Å²) in [7, 11) is 0. The Hall–Kier alpha value is -0.540. The van der Waals surface area contributed by atoms with E-state index < -0.39 is 0 Å². The molecule has 1 aliphatic rings. The number of rotatable bonds is 3. The number of hydrogen-bond donors (Lipinski definition) is 2. The van der Waals surface area contributed by atoms with Crippen LogP contribution in [0.25, 0.3) is 0 Å². The normalized spacial score (nSPS) is 20.0. The summed E-state index contributed by atoms with van der Waals surface area (Å²) in [5.74, 6) is 0.882. The molecule has 3 N–H and O–H groups in total. The molecule has 0 aromatic rings. The average Bonchev–Trinajstić information content (AvgIpc) is 2.43. The van der Waals surface area contributed by atoms with Gasteiger partial charge in [0.2, 0.25) is 0 Å². The minimum atomic E-state index is 0.0162. The van der Waals surface area contributed by atoms with Gasteiger partial charge in [-0.3, -0.25) is 0 Å². The topological polar surface area (TPSA) is 55.5 Å². The summed E-state index contributed by atoms with van der Waals surface area (Å²) in [6, 6.07) is 0. The van der Waals surface area contributed by atoms with E-state index in [0.29, 0.717) is 6.54 Å². The van der Waals surface area contributed by atoms with Crippen LogP contribution in [0.3, 0.4) is 0 Å². The van der Waals surface area contributed by atoms with Crippen LogP contribution in [0.2, 0.25) is 0 Å². The van der Waals surface area contributed by atoms with Crippen LogP contribution >= 0.6 is 0 Å². The zero-order valence-electron chi connectivity index (χ0n) is 5.92. The van der Waals surface area contributed by atoms with Crippen LogP contribution in [0.1, 0.15) is 6.42 Å². The summed E-state index contributed by atoms with van der Waals surface area (Å²) in [4.78, 5) is 0. The highest BCUT2D eigenvalue weighted by molar-refractivity contribution is 5.03. The Bertz CT molecular complexity index is 130. The highest BCUT2D eigenvalue weighted by atomic mass is 16.5. The predicted octanol–water partition coefficient (Wildman–Crippen LogP) is -0.142. The van der Waals surface area contributed by atoms with Crippen LogP contribution in [0, 0.1) is 5.92 Å². The van der Waals surface area contributed by atoms with Gasteiger partial charge < -0.3 is 15.6 Å². The van der Waals surface area contributed by atoms with E-state index in [1.165, 1.54) is 0 Å². The molecule has 1 heterocycles. The zero-order valence-corrected chi connectivity index (χ0v) is 5.92. The van der Waals surface area contributed by atoms with Gasteiger partial charge in [-0.25, -0.2) is 0 Å². The van der Waals surface area contributed by atoms with Gasteiger partial charge in [-0.1, -0.05) is 0 Å². The molecule has 0 spiro atoms. The molecule has 0 saturated carbocycles. The van der Waals surface area contributed by atoms with E-state index in [2.05, 4.69) is 0 Å². The molecule has 3 heteroatoms. The third kappa shape index (κ3) is 1.49. The molecule has 0 saturated heterocycles. The SMILES string of the molecule is NCC(CO)C1=CCCO1. The molecule has 3 nitrogen and oxygen atoms in total. The predicted molar refractivity (Wildman–Crippen MR) is 38.3 cm³/mol. The summed E-state index contributed by atoms with van der Waals surface area (Å²) in [5.41, 5.74) is 5.38. The van der Waals surface area contributed by atoms with E-state index in [9.17, 15) is 0 Å². The van der Waals surface area contributed by atoms with E-state index in [1.54, 1.807) is 0 Å². The molecular formula is C7H13NO2. The first-order valence-electron chi connectivity index (χ1n) is 3.52. The van der Waals surface area contributed by atoms with Crippen molar-refractivity contribution in [2.45, 2.75) is 6.42 Å². The van der Waals surface area contributed by atoms with Crippen LogP contribution in [0.5, 0.6) is 0 Å². The lowest BCUT2D eigenvalue weighted by Gasteiger charge is -2.12. The van der Waals surface area contributed by atoms with Crippen molar-refractivity contribution in [2.24, 2.45) is 11.7 Å². The quantitative estimate of drug-likeness (QED) is 0.578. The van der Waals surface area contributed by atoms with Crippen LogP contribution in [0.4, 0.5) is 0 Å². The minimum absolute atomic E-state index is 0.0162. The van der Waals surface area contributed by atoms with Crippen molar-refractivity contribution in [3.8, 4) is 0 Å². The first kappa shape index (κ1) is 7.57. The number of aliphatic hydroxyl groups excluding tert-OH is 1. The van der Waals surface area contributed by atoms with Gasteiger partial charge in [-0.15, -0.1) is 0 Å². The molecule has 1 unspecified atom stereocenters. The second-order valence-corrected chi connectivity index (χ2v) is 2.36. The molecule has 0 aromatic heterocycles. The molecule has 0 amide bonds. The summed E-state index contributed by atoms with van der Waals surface area (Å²) < 4.78 is 5.22. The van der Waals surface area contributed by atoms with Crippen LogP contribution in [-0.2, 0) is 4.74 Å². The summed E-state index contributed by atoms with van der Waals surface area (Å²) in [5, 5.41) is 8.79. The Labute approximate surface area is 60.5 Å². The van der Waals surface area contributed by atoms with E-state index in [0.717, 1.165) is 18.8 Å². The lowest BCUT2D eigenvalue weighted by atomic mass is 10.1. The standard InChI is InChI=1S/C7H13NO2/c8-4-6(5-9)7-2-1-3-10-7/h2,6,9H,1,3-5,8H2. The maximum absolute atomic E-state index is 8.79. The fourth-order valence-corrected chi connectivity index (χ4v) is 1.00. The minimum Gasteiger partial charge on any atom is -0.498 e. The first-order chi connectivity index (χ1) is 4.88. The largest absolute Gasteiger partial charge is 0.498 e. The van der Waals surface area contributed by atoms with Gasteiger partial charge in [-0.2, -0.15) is 0 Å². The van der Waals surface area contributed by atoms with Crippen molar-refractivity contribution in [3.05, 3.63) is 11.8 Å². The number of ether oxygens (including phenoxy) is 1. The number of aliphatic hydroxyl groups is 1. The molecule has 1 rings (SSSR count). The number of hydrogen-bond acceptors (Lipinski definition) is 3. The van der Waals surface area contributed by atoms with Gasteiger partial charge in [0.1, 0.15) is 0 Å². The molecule has 0 fully saturated rings. The molecule has 58 valence electrons. The van der Waals surface area contributed by atoms with E-state index >= 15 is 0 Å². The van der Waals surface area contributed by atoms with Gasteiger partial charge in [-0.05, 0) is 6.08 Å². The maximum Gasteiger partial charge on any atom is 0.0987 e. The second kappa shape index (κ2) is 3.58. The Morgan fingerprint density at radius 1 is 1.80 bits per heavy atom. The van der Waals surface area contributed by atoms with Crippen molar-refractivity contribution in [1.82, 2.24) is 0 Å².